The van der Waals surface area contributed by atoms with E-state index in [0.29, 0.717) is 48.0 Å². The molecule has 0 saturated carbocycles. The summed E-state index contributed by atoms with van der Waals surface area (Å²) in [5.41, 5.74) is 3.14. The molecular weight excluding hydrogens is 380 g/mol. The molecule has 1 amide bonds. The number of amides is 1. The van der Waals surface area contributed by atoms with Crippen molar-refractivity contribution < 1.29 is 14.3 Å². The Labute approximate surface area is 169 Å². The topological polar surface area (TPSA) is 76.6 Å². The fourth-order valence-electron chi connectivity index (χ4n) is 3.55. The van der Waals surface area contributed by atoms with Crippen LogP contribution < -0.4 is 5.32 Å². The summed E-state index contributed by atoms with van der Waals surface area (Å²) in [4.78, 5) is 23.4. The Hall–Kier alpha value is -2.22. The maximum Gasteiger partial charge on any atom is 0.254 e. The molecule has 1 saturated heterocycles. The van der Waals surface area contributed by atoms with Crippen LogP contribution in [-0.4, -0.2) is 60.3 Å². The summed E-state index contributed by atoms with van der Waals surface area (Å²) >= 11 is 6.37. The standard InChI is InChI=1S/C20H23ClN4O3/c1-27-9-6-25-12-14-3-2-13(10-16(14)19(25)26)18-17(21)11-22-20(24-18)23-15-4-7-28-8-5-15/h2-3,10-11,15H,4-9,12H2,1H3,(H,22,23,24). The number of anilines is 1. The van der Waals surface area contributed by atoms with Gasteiger partial charge in [-0.25, -0.2) is 9.97 Å². The molecule has 0 bridgehead atoms. The molecule has 2 aliphatic heterocycles. The quantitative estimate of drug-likeness (QED) is 0.800. The number of benzene rings is 1. The molecule has 148 valence electrons. The fraction of sp³-hybridized carbons (Fsp3) is 0.450. The van der Waals surface area contributed by atoms with Crippen LogP contribution in [0.1, 0.15) is 28.8 Å². The highest BCUT2D eigenvalue weighted by molar-refractivity contribution is 6.33. The molecule has 0 aliphatic carbocycles. The van der Waals surface area contributed by atoms with Crippen molar-refractivity contribution in [1.29, 1.82) is 0 Å². The molecule has 8 heteroatoms. The van der Waals surface area contributed by atoms with E-state index in [1.165, 1.54) is 0 Å². The van der Waals surface area contributed by atoms with Gasteiger partial charge in [0.1, 0.15) is 0 Å². The van der Waals surface area contributed by atoms with Gasteiger partial charge >= 0.3 is 0 Å². The lowest BCUT2D eigenvalue weighted by molar-refractivity contribution is 0.0719. The van der Waals surface area contributed by atoms with Crippen molar-refractivity contribution in [2.45, 2.75) is 25.4 Å². The third kappa shape index (κ3) is 3.97. The first kappa shape index (κ1) is 19.1. The molecule has 4 rings (SSSR count). The molecule has 1 aromatic heterocycles. The molecule has 2 aromatic rings. The number of methoxy groups -OCH3 is 1. The van der Waals surface area contributed by atoms with Crippen molar-refractivity contribution in [1.82, 2.24) is 14.9 Å². The van der Waals surface area contributed by atoms with Crippen LogP contribution in [0.2, 0.25) is 5.02 Å². The van der Waals surface area contributed by atoms with Crippen LogP contribution >= 0.6 is 11.6 Å². The second kappa shape index (κ2) is 8.43. The number of aromatic nitrogens is 2. The Balaban J connectivity index is 1.57. The zero-order valence-electron chi connectivity index (χ0n) is 15.8. The Morgan fingerprint density at radius 1 is 1.36 bits per heavy atom. The molecule has 28 heavy (non-hydrogen) atoms. The van der Waals surface area contributed by atoms with Crippen molar-refractivity contribution in [2.75, 3.05) is 38.8 Å². The van der Waals surface area contributed by atoms with Gasteiger partial charge in [0.2, 0.25) is 5.95 Å². The summed E-state index contributed by atoms with van der Waals surface area (Å²) in [5.74, 6) is 0.555. The highest BCUT2D eigenvalue weighted by Gasteiger charge is 2.27. The maximum atomic E-state index is 12.7. The molecule has 1 fully saturated rings. The monoisotopic (exact) mass is 402 g/mol. The van der Waals surface area contributed by atoms with E-state index in [0.717, 1.165) is 37.2 Å². The van der Waals surface area contributed by atoms with Crippen molar-refractivity contribution >= 4 is 23.5 Å². The van der Waals surface area contributed by atoms with E-state index in [1.54, 1.807) is 18.2 Å². The Bertz CT molecular complexity index is 871. The molecule has 3 heterocycles. The summed E-state index contributed by atoms with van der Waals surface area (Å²) in [6, 6.07) is 6.09. The molecule has 1 aromatic carbocycles. The van der Waals surface area contributed by atoms with Gasteiger partial charge in [-0.1, -0.05) is 23.7 Å². The SMILES string of the molecule is COCCN1Cc2ccc(-c3nc(NC4CCOCC4)ncc3Cl)cc2C1=O. The number of halogens is 1. The van der Waals surface area contributed by atoms with Crippen LogP contribution in [-0.2, 0) is 16.0 Å². The van der Waals surface area contributed by atoms with Crippen LogP contribution in [0.5, 0.6) is 0 Å². The minimum atomic E-state index is 0.0135. The van der Waals surface area contributed by atoms with Gasteiger partial charge in [0, 0.05) is 50.6 Å². The predicted octanol–water partition coefficient (Wildman–Crippen LogP) is 2.99. The molecule has 1 N–H and O–H groups in total. The van der Waals surface area contributed by atoms with Crippen molar-refractivity contribution in [3.05, 3.63) is 40.5 Å². The molecular formula is C20H23ClN4O3. The number of carbonyl (C=O) groups excluding carboxylic acids is 1. The summed E-state index contributed by atoms with van der Waals surface area (Å²) in [6.45, 7) is 3.18. The smallest absolute Gasteiger partial charge is 0.254 e. The molecule has 2 aliphatic rings. The summed E-state index contributed by atoms with van der Waals surface area (Å²) in [5, 5.41) is 3.82. The van der Waals surface area contributed by atoms with Crippen molar-refractivity contribution in [3.8, 4) is 11.3 Å². The second-order valence-electron chi connectivity index (χ2n) is 7.01. The molecule has 0 radical (unpaired) electrons. The number of ether oxygens (including phenoxy) is 2. The van der Waals surface area contributed by atoms with E-state index in [1.807, 2.05) is 18.2 Å². The second-order valence-corrected chi connectivity index (χ2v) is 7.42. The molecule has 0 atom stereocenters. The summed E-state index contributed by atoms with van der Waals surface area (Å²) < 4.78 is 10.5. The Morgan fingerprint density at radius 2 is 2.18 bits per heavy atom. The van der Waals surface area contributed by atoms with E-state index in [4.69, 9.17) is 21.1 Å². The molecule has 0 unspecified atom stereocenters. The first-order valence-electron chi connectivity index (χ1n) is 9.44. The summed E-state index contributed by atoms with van der Waals surface area (Å²) in [7, 11) is 1.63. The first-order valence-corrected chi connectivity index (χ1v) is 9.82. The van der Waals surface area contributed by atoms with Crippen LogP contribution in [0.25, 0.3) is 11.3 Å². The number of nitrogens with zero attached hydrogens (tertiary/aromatic N) is 3. The Morgan fingerprint density at radius 3 is 2.96 bits per heavy atom. The zero-order valence-corrected chi connectivity index (χ0v) is 16.5. The Kier molecular flexibility index (Phi) is 5.75. The average molecular weight is 403 g/mol. The van der Waals surface area contributed by atoms with Gasteiger partial charge in [0.15, 0.2) is 0 Å². The number of rotatable bonds is 6. The van der Waals surface area contributed by atoms with E-state index < -0.39 is 0 Å². The predicted molar refractivity (Wildman–Crippen MR) is 107 cm³/mol. The first-order chi connectivity index (χ1) is 13.7. The fourth-order valence-corrected chi connectivity index (χ4v) is 3.75. The van der Waals surface area contributed by atoms with Gasteiger partial charge < -0.3 is 19.7 Å². The van der Waals surface area contributed by atoms with Crippen LogP contribution in [0.3, 0.4) is 0 Å². The van der Waals surface area contributed by atoms with Crippen molar-refractivity contribution in [3.63, 3.8) is 0 Å². The zero-order chi connectivity index (χ0) is 19.5. The van der Waals surface area contributed by atoms with Gasteiger partial charge in [0.05, 0.1) is 23.5 Å². The number of hydrogen-bond donors (Lipinski definition) is 1. The third-order valence-electron chi connectivity index (χ3n) is 5.13. The van der Waals surface area contributed by atoms with Gasteiger partial charge in [0.25, 0.3) is 5.91 Å². The lowest BCUT2D eigenvalue weighted by Gasteiger charge is -2.23. The maximum absolute atomic E-state index is 12.7. The molecule has 7 nitrogen and oxygen atoms in total. The molecule has 0 spiro atoms. The van der Waals surface area contributed by atoms with Crippen LogP contribution in [0.4, 0.5) is 5.95 Å². The van der Waals surface area contributed by atoms with E-state index in [9.17, 15) is 4.79 Å². The number of carbonyl (C=O) groups is 1. The van der Waals surface area contributed by atoms with Crippen LogP contribution in [0, 0.1) is 0 Å². The van der Waals surface area contributed by atoms with E-state index in [2.05, 4.69) is 15.3 Å². The van der Waals surface area contributed by atoms with E-state index in [-0.39, 0.29) is 5.91 Å². The summed E-state index contributed by atoms with van der Waals surface area (Å²) in [6.07, 6.45) is 3.45. The number of fused-ring (bicyclic) bond motifs is 1. The lowest BCUT2D eigenvalue weighted by atomic mass is 10.0. The van der Waals surface area contributed by atoms with E-state index >= 15 is 0 Å². The number of hydrogen-bond acceptors (Lipinski definition) is 6. The van der Waals surface area contributed by atoms with Crippen molar-refractivity contribution in [2.24, 2.45) is 0 Å². The largest absolute Gasteiger partial charge is 0.383 e. The van der Waals surface area contributed by atoms with Crippen LogP contribution in [0.15, 0.2) is 24.4 Å². The van der Waals surface area contributed by atoms with Gasteiger partial charge in [-0.2, -0.15) is 0 Å². The lowest BCUT2D eigenvalue weighted by Crippen LogP contribution is -2.28. The highest BCUT2D eigenvalue weighted by Crippen LogP contribution is 2.31. The van der Waals surface area contributed by atoms with Gasteiger partial charge in [-0.05, 0) is 24.5 Å². The minimum absolute atomic E-state index is 0.0135. The van der Waals surface area contributed by atoms with Gasteiger partial charge in [-0.15, -0.1) is 0 Å². The van der Waals surface area contributed by atoms with Gasteiger partial charge in [-0.3, -0.25) is 4.79 Å². The normalized spacial score (nSPS) is 17.1. The third-order valence-corrected chi connectivity index (χ3v) is 5.40. The average Bonchev–Trinajstić information content (AvgIpc) is 3.04. The minimum Gasteiger partial charge on any atom is -0.383 e. The highest BCUT2D eigenvalue weighted by atomic mass is 35.5. The number of nitrogens with one attached hydrogen (secondary N) is 1.